The molecule has 0 unspecified atom stereocenters. The van der Waals surface area contributed by atoms with Crippen molar-refractivity contribution in [2.45, 2.75) is 38.5 Å². The van der Waals surface area contributed by atoms with Gasteiger partial charge in [-0.2, -0.15) is 0 Å². The molecular formula is C18H17N3O4S. The van der Waals surface area contributed by atoms with E-state index >= 15 is 0 Å². The number of H-pyrrole nitrogens is 1. The molecule has 2 heterocycles. The zero-order valence-corrected chi connectivity index (χ0v) is 14.8. The Morgan fingerprint density at radius 1 is 1.19 bits per heavy atom. The maximum atomic E-state index is 12.7. The summed E-state index contributed by atoms with van der Waals surface area (Å²) >= 11 is 1.54. The molecule has 0 saturated carbocycles. The molecule has 8 heteroatoms. The summed E-state index contributed by atoms with van der Waals surface area (Å²) in [5.41, 5.74) is 0.887. The molecule has 0 spiro atoms. The Bertz CT molecular complexity index is 1070. The molecule has 2 N–H and O–H groups in total. The van der Waals surface area contributed by atoms with Gasteiger partial charge in [0.2, 0.25) is 0 Å². The Hall–Kier alpha value is -2.74. The molecule has 0 fully saturated rings. The average molecular weight is 371 g/mol. The van der Waals surface area contributed by atoms with E-state index in [1.807, 2.05) is 0 Å². The van der Waals surface area contributed by atoms with Crippen molar-refractivity contribution in [2.75, 3.05) is 0 Å². The van der Waals surface area contributed by atoms with Gasteiger partial charge in [-0.15, -0.1) is 11.3 Å². The number of hydrogen-bond donors (Lipinski definition) is 2. The quantitative estimate of drug-likeness (QED) is 0.524. The largest absolute Gasteiger partial charge is 0.502 e. The maximum absolute atomic E-state index is 12.7. The molecule has 1 aliphatic rings. The number of aromatic amines is 1. The molecule has 0 aliphatic heterocycles. The summed E-state index contributed by atoms with van der Waals surface area (Å²) in [5.74, 6) is -0.138. The number of benzene rings is 1. The van der Waals surface area contributed by atoms with Crippen LogP contribution in [0.3, 0.4) is 0 Å². The molecule has 1 aliphatic carbocycles. The molecule has 0 radical (unpaired) electrons. The fourth-order valence-electron chi connectivity index (χ4n) is 3.47. The molecule has 2 aromatic heterocycles. The minimum absolute atomic E-state index is 0.209. The van der Waals surface area contributed by atoms with Crippen molar-refractivity contribution in [2.24, 2.45) is 0 Å². The number of phenolic OH excluding ortho intramolecular Hbond substituents is 1. The van der Waals surface area contributed by atoms with Crippen LogP contribution in [0.5, 0.6) is 5.75 Å². The number of thiophene rings is 1. The zero-order chi connectivity index (χ0) is 18.3. The average Bonchev–Trinajstić information content (AvgIpc) is 2.92. The van der Waals surface area contributed by atoms with Gasteiger partial charge in [-0.1, -0.05) is 12.8 Å². The molecular weight excluding hydrogens is 354 g/mol. The number of rotatable bonds is 2. The van der Waals surface area contributed by atoms with E-state index in [4.69, 9.17) is 0 Å². The van der Waals surface area contributed by atoms with Gasteiger partial charge in [0.1, 0.15) is 10.7 Å². The fourth-order valence-corrected chi connectivity index (χ4v) is 4.73. The Balaban J connectivity index is 1.87. The summed E-state index contributed by atoms with van der Waals surface area (Å²) < 4.78 is 0. The SMILES string of the molecule is O=c1[nH]c(-c2ccc(O)c([N+](=O)[O-])c2)nc2sc3c(c12)CCCCCC3. The highest BCUT2D eigenvalue weighted by atomic mass is 32.1. The van der Waals surface area contributed by atoms with Crippen molar-refractivity contribution >= 4 is 27.2 Å². The third-order valence-electron chi connectivity index (χ3n) is 4.77. The highest BCUT2D eigenvalue weighted by Crippen LogP contribution is 2.34. The Labute approximate surface area is 152 Å². The number of aromatic nitrogens is 2. The van der Waals surface area contributed by atoms with Gasteiger partial charge in [-0.3, -0.25) is 14.9 Å². The first kappa shape index (κ1) is 16.7. The van der Waals surface area contributed by atoms with Crippen LogP contribution in [-0.2, 0) is 12.8 Å². The lowest BCUT2D eigenvalue weighted by Crippen LogP contribution is -2.10. The molecule has 7 nitrogen and oxygen atoms in total. The standard InChI is InChI=1S/C18H17N3O4S/c22-13-8-7-10(9-12(13)21(24)25)16-19-17(23)15-11-5-3-1-2-4-6-14(11)26-18(15)20-16/h7-9,22H,1-6H2,(H,19,20,23). The number of nitrogens with zero attached hydrogens (tertiary/aromatic N) is 2. The Morgan fingerprint density at radius 2 is 1.96 bits per heavy atom. The van der Waals surface area contributed by atoms with E-state index in [1.165, 1.54) is 35.9 Å². The Morgan fingerprint density at radius 3 is 2.73 bits per heavy atom. The lowest BCUT2D eigenvalue weighted by molar-refractivity contribution is -0.385. The van der Waals surface area contributed by atoms with Crippen LogP contribution in [0.4, 0.5) is 5.69 Å². The number of nitrogens with one attached hydrogen (secondary N) is 1. The summed E-state index contributed by atoms with van der Waals surface area (Å²) in [6.45, 7) is 0. The third kappa shape index (κ3) is 2.86. The van der Waals surface area contributed by atoms with E-state index in [1.54, 1.807) is 11.3 Å². The number of aryl methyl sites for hydroxylation is 2. The van der Waals surface area contributed by atoms with E-state index in [9.17, 15) is 20.0 Å². The van der Waals surface area contributed by atoms with Gasteiger partial charge in [0.25, 0.3) is 5.56 Å². The summed E-state index contributed by atoms with van der Waals surface area (Å²) in [6, 6.07) is 3.98. The van der Waals surface area contributed by atoms with Crippen molar-refractivity contribution in [3.05, 3.63) is 49.1 Å². The van der Waals surface area contributed by atoms with Crippen LogP contribution in [0.25, 0.3) is 21.6 Å². The third-order valence-corrected chi connectivity index (χ3v) is 5.96. The van der Waals surface area contributed by atoms with Crippen molar-refractivity contribution in [1.82, 2.24) is 9.97 Å². The molecule has 3 aromatic rings. The van der Waals surface area contributed by atoms with Crippen LogP contribution in [0.2, 0.25) is 0 Å². The van der Waals surface area contributed by atoms with Crippen LogP contribution in [0.15, 0.2) is 23.0 Å². The maximum Gasteiger partial charge on any atom is 0.311 e. The van der Waals surface area contributed by atoms with Crippen molar-refractivity contribution < 1.29 is 10.0 Å². The minimum Gasteiger partial charge on any atom is -0.502 e. The number of nitro benzene ring substituents is 1. The van der Waals surface area contributed by atoms with Gasteiger partial charge in [-0.05, 0) is 43.4 Å². The van der Waals surface area contributed by atoms with Gasteiger partial charge in [-0.25, -0.2) is 4.98 Å². The molecule has 1 aromatic carbocycles. The predicted molar refractivity (Wildman–Crippen MR) is 99.9 cm³/mol. The summed E-state index contributed by atoms with van der Waals surface area (Å²) in [4.78, 5) is 32.3. The molecule has 4 rings (SSSR count). The van der Waals surface area contributed by atoms with Crippen molar-refractivity contribution in [3.8, 4) is 17.1 Å². The van der Waals surface area contributed by atoms with Crippen LogP contribution < -0.4 is 5.56 Å². The lowest BCUT2D eigenvalue weighted by atomic mass is 9.98. The van der Waals surface area contributed by atoms with Crippen molar-refractivity contribution in [3.63, 3.8) is 0 Å². The normalized spacial score (nSPS) is 14.6. The molecule has 0 amide bonds. The van der Waals surface area contributed by atoms with Gasteiger partial charge in [0.15, 0.2) is 5.75 Å². The second-order valence-corrected chi connectivity index (χ2v) is 7.56. The number of hydrogen-bond acceptors (Lipinski definition) is 6. The lowest BCUT2D eigenvalue weighted by Gasteiger charge is -2.08. The van der Waals surface area contributed by atoms with E-state index < -0.39 is 16.4 Å². The molecule has 134 valence electrons. The van der Waals surface area contributed by atoms with Crippen LogP contribution in [0, 0.1) is 10.1 Å². The highest BCUT2D eigenvalue weighted by molar-refractivity contribution is 7.18. The number of fused-ring (bicyclic) bond motifs is 3. The van der Waals surface area contributed by atoms with E-state index in [2.05, 4.69) is 9.97 Å². The van der Waals surface area contributed by atoms with Crippen molar-refractivity contribution in [1.29, 1.82) is 0 Å². The van der Waals surface area contributed by atoms with Crippen LogP contribution in [0.1, 0.15) is 36.1 Å². The second-order valence-electron chi connectivity index (χ2n) is 6.47. The van der Waals surface area contributed by atoms with E-state index in [0.717, 1.165) is 31.2 Å². The molecule has 0 bridgehead atoms. The van der Waals surface area contributed by atoms with Gasteiger partial charge in [0.05, 0.1) is 10.3 Å². The topological polar surface area (TPSA) is 109 Å². The number of phenols is 1. The summed E-state index contributed by atoms with van der Waals surface area (Å²) in [7, 11) is 0. The molecule has 26 heavy (non-hydrogen) atoms. The zero-order valence-electron chi connectivity index (χ0n) is 13.9. The number of nitro groups is 1. The second kappa shape index (κ2) is 6.53. The van der Waals surface area contributed by atoms with Gasteiger partial charge < -0.3 is 10.1 Å². The van der Waals surface area contributed by atoms with E-state index in [0.29, 0.717) is 15.8 Å². The molecule has 0 saturated heterocycles. The Kier molecular flexibility index (Phi) is 4.20. The number of aromatic hydroxyl groups is 1. The first-order chi connectivity index (χ1) is 12.5. The minimum atomic E-state index is -0.660. The predicted octanol–water partition coefficient (Wildman–Crippen LogP) is 3.92. The monoisotopic (exact) mass is 371 g/mol. The van der Waals surface area contributed by atoms with Crippen LogP contribution in [-0.4, -0.2) is 20.0 Å². The van der Waals surface area contributed by atoms with Crippen LogP contribution >= 0.6 is 11.3 Å². The van der Waals surface area contributed by atoms with Gasteiger partial charge in [0, 0.05) is 16.5 Å². The highest BCUT2D eigenvalue weighted by Gasteiger charge is 2.20. The smallest absolute Gasteiger partial charge is 0.311 e. The first-order valence-corrected chi connectivity index (χ1v) is 9.38. The van der Waals surface area contributed by atoms with E-state index in [-0.39, 0.29) is 11.4 Å². The summed E-state index contributed by atoms with van der Waals surface area (Å²) in [5, 5.41) is 21.3. The fraction of sp³-hybridized carbons (Fsp3) is 0.333. The summed E-state index contributed by atoms with van der Waals surface area (Å²) in [6.07, 6.45) is 6.44. The van der Waals surface area contributed by atoms with Gasteiger partial charge >= 0.3 is 5.69 Å². The first-order valence-electron chi connectivity index (χ1n) is 8.57. The molecule has 0 atom stereocenters.